The SMILES string of the molecule is CCOc1cc(/C=C2/C(=O)NC(=O)N(c3ccc(CC)cc3)C2=O)c(Br)cc1OCc1ccccc1F. The van der Waals surface area contributed by atoms with E-state index in [1.807, 2.05) is 19.1 Å². The molecule has 0 aromatic heterocycles. The number of imide groups is 2. The molecule has 0 unspecified atom stereocenters. The van der Waals surface area contributed by atoms with E-state index >= 15 is 0 Å². The maximum atomic E-state index is 14.0. The van der Waals surface area contributed by atoms with Gasteiger partial charge in [0.15, 0.2) is 11.5 Å². The number of amides is 4. The van der Waals surface area contributed by atoms with E-state index < -0.39 is 17.8 Å². The molecule has 0 aliphatic carbocycles. The van der Waals surface area contributed by atoms with Crippen LogP contribution in [0.1, 0.15) is 30.5 Å². The van der Waals surface area contributed by atoms with Crippen LogP contribution in [-0.2, 0) is 22.6 Å². The van der Waals surface area contributed by atoms with Crippen LogP contribution in [0.25, 0.3) is 6.08 Å². The van der Waals surface area contributed by atoms with E-state index in [0.717, 1.165) is 16.9 Å². The average molecular weight is 567 g/mol. The van der Waals surface area contributed by atoms with Gasteiger partial charge in [-0.3, -0.25) is 14.9 Å². The molecule has 190 valence electrons. The molecular formula is C28H24BrFN2O5. The molecule has 0 saturated carbocycles. The Labute approximate surface area is 222 Å². The van der Waals surface area contributed by atoms with Crippen molar-refractivity contribution >= 4 is 45.5 Å². The molecule has 0 radical (unpaired) electrons. The van der Waals surface area contributed by atoms with E-state index in [1.165, 1.54) is 12.1 Å². The highest BCUT2D eigenvalue weighted by atomic mass is 79.9. The minimum atomic E-state index is -0.817. The zero-order valence-corrected chi connectivity index (χ0v) is 21.8. The molecule has 1 aliphatic rings. The van der Waals surface area contributed by atoms with Crippen LogP contribution < -0.4 is 19.7 Å². The van der Waals surface area contributed by atoms with Crippen LogP contribution in [0.3, 0.4) is 0 Å². The Balaban J connectivity index is 1.66. The van der Waals surface area contributed by atoms with Gasteiger partial charge in [0.1, 0.15) is 18.0 Å². The van der Waals surface area contributed by atoms with Crippen LogP contribution in [0.15, 0.2) is 70.7 Å². The first-order chi connectivity index (χ1) is 17.8. The first-order valence-electron chi connectivity index (χ1n) is 11.6. The molecule has 1 aliphatic heterocycles. The lowest BCUT2D eigenvalue weighted by molar-refractivity contribution is -0.122. The maximum Gasteiger partial charge on any atom is 0.335 e. The van der Waals surface area contributed by atoms with Crippen molar-refractivity contribution in [1.29, 1.82) is 0 Å². The van der Waals surface area contributed by atoms with Crippen LogP contribution in [0.2, 0.25) is 0 Å². The third-order valence-corrected chi connectivity index (χ3v) is 6.39. The first kappa shape index (κ1) is 26.1. The number of carbonyl (C=O) groups is 3. The summed E-state index contributed by atoms with van der Waals surface area (Å²) in [4.78, 5) is 39.3. The van der Waals surface area contributed by atoms with Crippen molar-refractivity contribution in [2.75, 3.05) is 11.5 Å². The van der Waals surface area contributed by atoms with E-state index in [2.05, 4.69) is 21.2 Å². The van der Waals surface area contributed by atoms with Gasteiger partial charge in [0, 0.05) is 10.0 Å². The predicted molar refractivity (Wildman–Crippen MR) is 141 cm³/mol. The second-order valence-corrected chi connectivity index (χ2v) is 8.97. The minimum Gasteiger partial charge on any atom is -0.490 e. The zero-order valence-electron chi connectivity index (χ0n) is 20.2. The summed E-state index contributed by atoms with van der Waals surface area (Å²) >= 11 is 3.45. The molecule has 0 spiro atoms. The van der Waals surface area contributed by atoms with E-state index in [1.54, 1.807) is 49.4 Å². The number of nitrogens with zero attached hydrogens (tertiary/aromatic N) is 1. The number of anilines is 1. The summed E-state index contributed by atoms with van der Waals surface area (Å²) < 4.78 is 26.0. The Morgan fingerprint density at radius 2 is 1.68 bits per heavy atom. The van der Waals surface area contributed by atoms with Crippen LogP contribution in [0.4, 0.5) is 14.9 Å². The highest BCUT2D eigenvalue weighted by molar-refractivity contribution is 9.10. The van der Waals surface area contributed by atoms with Crippen molar-refractivity contribution in [2.45, 2.75) is 26.9 Å². The van der Waals surface area contributed by atoms with E-state index in [-0.39, 0.29) is 18.0 Å². The van der Waals surface area contributed by atoms with Crippen molar-refractivity contribution in [3.8, 4) is 11.5 Å². The number of carbonyl (C=O) groups excluding carboxylic acids is 3. The molecule has 1 heterocycles. The molecule has 9 heteroatoms. The average Bonchev–Trinajstić information content (AvgIpc) is 2.88. The van der Waals surface area contributed by atoms with Crippen LogP contribution in [0, 0.1) is 5.82 Å². The van der Waals surface area contributed by atoms with E-state index in [0.29, 0.717) is 39.4 Å². The van der Waals surface area contributed by atoms with Gasteiger partial charge >= 0.3 is 6.03 Å². The Kier molecular flexibility index (Phi) is 8.03. The van der Waals surface area contributed by atoms with Gasteiger partial charge in [-0.25, -0.2) is 14.1 Å². The number of urea groups is 1. The zero-order chi connectivity index (χ0) is 26.5. The summed E-state index contributed by atoms with van der Waals surface area (Å²) in [5, 5.41) is 2.22. The Hall–Kier alpha value is -3.98. The fourth-order valence-electron chi connectivity index (χ4n) is 3.74. The molecule has 3 aromatic rings. The van der Waals surface area contributed by atoms with Crippen molar-refractivity contribution in [3.63, 3.8) is 0 Å². The molecule has 7 nitrogen and oxygen atoms in total. The van der Waals surface area contributed by atoms with Gasteiger partial charge in [-0.2, -0.15) is 0 Å². The quantitative estimate of drug-likeness (QED) is 0.275. The van der Waals surface area contributed by atoms with Crippen molar-refractivity contribution < 1.29 is 28.2 Å². The number of barbiturate groups is 1. The van der Waals surface area contributed by atoms with E-state index in [4.69, 9.17) is 9.47 Å². The summed E-state index contributed by atoms with van der Waals surface area (Å²) in [6.45, 7) is 4.10. The number of rotatable bonds is 8. The summed E-state index contributed by atoms with van der Waals surface area (Å²) in [7, 11) is 0. The Morgan fingerprint density at radius 1 is 0.973 bits per heavy atom. The van der Waals surface area contributed by atoms with Gasteiger partial charge in [-0.1, -0.05) is 53.2 Å². The highest BCUT2D eigenvalue weighted by Gasteiger charge is 2.37. The van der Waals surface area contributed by atoms with Gasteiger partial charge < -0.3 is 9.47 Å². The first-order valence-corrected chi connectivity index (χ1v) is 12.4. The largest absolute Gasteiger partial charge is 0.490 e. The number of hydrogen-bond donors (Lipinski definition) is 1. The molecule has 1 N–H and O–H groups in total. The molecule has 3 aromatic carbocycles. The number of hydrogen-bond acceptors (Lipinski definition) is 5. The lowest BCUT2D eigenvalue weighted by Gasteiger charge is -2.26. The fourth-order valence-corrected chi connectivity index (χ4v) is 4.18. The summed E-state index contributed by atoms with van der Waals surface area (Å²) in [5.74, 6) is -1.23. The third kappa shape index (κ3) is 5.72. The minimum absolute atomic E-state index is 0.0194. The Morgan fingerprint density at radius 3 is 2.35 bits per heavy atom. The molecule has 4 rings (SSSR count). The summed E-state index contributed by atoms with van der Waals surface area (Å²) in [6.07, 6.45) is 2.19. The summed E-state index contributed by atoms with van der Waals surface area (Å²) in [5.41, 5.74) is 2.01. The number of aryl methyl sites for hydroxylation is 1. The second-order valence-electron chi connectivity index (χ2n) is 8.11. The van der Waals surface area contributed by atoms with Crippen molar-refractivity contribution in [2.24, 2.45) is 0 Å². The molecule has 0 bridgehead atoms. The maximum absolute atomic E-state index is 14.0. The lowest BCUT2D eigenvalue weighted by atomic mass is 10.1. The number of halogens is 2. The standard InChI is InChI=1S/C28H24BrFN2O5/c1-3-17-9-11-20(12-10-17)32-27(34)21(26(33)31-28(32)35)13-19-14-24(36-4-2)25(15-22(19)29)37-16-18-7-5-6-8-23(18)30/h5-15H,3-4,16H2,1-2H3,(H,31,33,35)/b21-13-. The number of ether oxygens (including phenoxy) is 2. The van der Waals surface area contributed by atoms with Gasteiger partial charge in [-0.05, 0) is 60.9 Å². The lowest BCUT2D eigenvalue weighted by Crippen LogP contribution is -2.54. The smallest absolute Gasteiger partial charge is 0.335 e. The van der Waals surface area contributed by atoms with Crippen molar-refractivity contribution in [3.05, 3.63) is 93.2 Å². The molecule has 0 atom stereocenters. The van der Waals surface area contributed by atoms with Crippen LogP contribution in [-0.4, -0.2) is 24.5 Å². The third-order valence-electron chi connectivity index (χ3n) is 5.71. The number of benzene rings is 3. The van der Waals surface area contributed by atoms with Crippen LogP contribution in [0.5, 0.6) is 11.5 Å². The predicted octanol–water partition coefficient (Wildman–Crippen LogP) is 5.79. The Bertz CT molecular complexity index is 1390. The molecular weight excluding hydrogens is 543 g/mol. The molecule has 37 heavy (non-hydrogen) atoms. The number of nitrogens with one attached hydrogen (secondary N) is 1. The fraction of sp³-hybridized carbons (Fsp3) is 0.179. The molecule has 1 fully saturated rings. The monoisotopic (exact) mass is 566 g/mol. The van der Waals surface area contributed by atoms with Gasteiger partial charge in [0.05, 0.1) is 12.3 Å². The van der Waals surface area contributed by atoms with Gasteiger partial charge in [0.2, 0.25) is 0 Å². The van der Waals surface area contributed by atoms with Crippen LogP contribution >= 0.6 is 15.9 Å². The highest BCUT2D eigenvalue weighted by Crippen LogP contribution is 2.36. The van der Waals surface area contributed by atoms with Crippen molar-refractivity contribution in [1.82, 2.24) is 5.32 Å². The normalized spacial score (nSPS) is 14.6. The summed E-state index contributed by atoms with van der Waals surface area (Å²) in [6, 6.07) is 15.7. The van der Waals surface area contributed by atoms with E-state index in [9.17, 15) is 18.8 Å². The van der Waals surface area contributed by atoms with Gasteiger partial charge in [0.25, 0.3) is 11.8 Å². The molecule has 1 saturated heterocycles. The topological polar surface area (TPSA) is 84.9 Å². The molecule has 4 amide bonds. The second kappa shape index (κ2) is 11.4. The van der Waals surface area contributed by atoms with Gasteiger partial charge in [-0.15, -0.1) is 0 Å².